The molecule has 0 saturated carbocycles. The lowest BCUT2D eigenvalue weighted by Crippen LogP contribution is -1.98. The quantitative estimate of drug-likeness (QED) is 0.429. The second-order valence-corrected chi connectivity index (χ2v) is 3.30. The summed E-state index contributed by atoms with van der Waals surface area (Å²) in [7, 11) is 0. The molecule has 0 aromatic rings. The Hall–Kier alpha value is -1.74. The van der Waals surface area contributed by atoms with Crippen molar-refractivity contribution in [1.82, 2.24) is 0 Å². The third kappa shape index (κ3) is 10.5. The highest BCUT2D eigenvalue weighted by Gasteiger charge is 1.91. The van der Waals surface area contributed by atoms with Gasteiger partial charge in [0.05, 0.1) is 6.10 Å². The maximum Gasteiger partial charge on any atom is 0.115 e. The van der Waals surface area contributed by atoms with Gasteiger partial charge in [-0.25, -0.2) is 0 Å². The van der Waals surface area contributed by atoms with Gasteiger partial charge in [-0.15, -0.1) is 6.58 Å². The largest absolute Gasteiger partial charge is 0.389 e. The first kappa shape index (κ1) is 15.3. The summed E-state index contributed by atoms with van der Waals surface area (Å²) in [5.41, 5.74) is 0. The van der Waals surface area contributed by atoms with Crippen LogP contribution in [0.15, 0.2) is 37.0 Å². The Bertz CT molecular complexity index is 383. The fourth-order valence-electron chi connectivity index (χ4n) is 0.845. The number of aliphatic hydroxyl groups is 2. The molecule has 2 atom stereocenters. The molecular formula is C15H18O2. The van der Waals surface area contributed by atoms with Crippen LogP contribution in [-0.2, 0) is 0 Å². The van der Waals surface area contributed by atoms with Crippen molar-refractivity contribution >= 4 is 0 Å². The van der Waals surface area contributed by atoms with Crippen LogP contribution in [0.5, 0.6) is 0 Å². The Morgan fingerprint density at radius 2 is 2.00 bits per heavy atom. The summed E-state index contributed by atoms with van der Waals surface area (Å²) >= 11 is 0. The van der Waals surface area contributed by atoms with E-state index in [4.69, 9.17) is 5.11 Å². The predicted octanol–water partition coefficient (Wildman–Crippen LogP) is 1.81. The van der Waals surface area contributed by atoms with Crippen LogP contribution in [0.4, 0.5) is 0 Å². The average molecular weight is 230 g/mol. The average Bonchev–Trinajstić information content (AvgIpc) is 2.32. The number of hydrogen-bond acceptors (Lipinski definition) is 2. The third-order valence-corrected chi connectivity index (χ3v) is 1.79. The predicted molar refractivity (Wildman–Crippen MR) is 71.0 cm³/mol. The number of rotatable bonds is 5. The Kier molecular flexibility index (Phi) is 9.67. The first-order valence-electron chi connectivity index (χ1n) is 5.52. The lowest BCUT2D eigenvalue weighted by Gasteiger charge is -1.97. The number of hydrogen-bond donors (Lipinski definition) is 2. The topological polar surface area (TPSA) is 40.5 Å². The molecule has 2 unspecified atom stereocenters. The van der Waals surface area contributed by atoms with E-state index in [1.165, 1.54) is 0 Å². The molecule has 0 spiro atoms. The molecule has 2 nitrogen and oxygen atoms in total. The minimum absolute atomic E-state index is 0.496. The highest BCUT2D eigenvalue weighted by molar-refractivity contribution is 5.32. The molecule has 90 valence electrons. The summed E-state index contributed by atoms with van der Waals surface area (Å²) in [6.07, 6.45) is 8.44. The van der Waals surface area contributed by atoms with E-state index in [0.29, 0.717) is 12.8 Å². The van der Waals surface area contributed by atoms with Gasteiger partial charge in [-0.1, -0.05) is 43.1 Å². The van der Waals surface area contributed by atoms with Crippen molar-refractivity contribution in [3.8, 4) is 23.7 Å². The van der Waals surface area contributed by atoms with Crippen LogP contribution in [0.3, 0.4) is 0 Å². The molecule has 0 aromatic carbocycles. The van der Waals surface area contributed by atoms with Gasteiger partial charge in [0.25, 0.3) is 0 Å². The van der Waals surface area contributed by atoms with Gasteiger partial charge in [-0.3, -0.25) is 0 Å². The van der Waals surface area contributed by atoms with Crippen LogP contribution in [0.2, 0.25) is 0 Å². The maximum absolute atomic E-state index is 9.30. The van der Waals surface area contributed by atoms with E-state index < -0.39 is 12.2 Å². The molecule has 2 heteroatoms. The third-order valence-electron chi connectivity index (χ3n) is 1.79. The number of allylic oxidation sites excluding steroid dienone is 3. The van der Waals surface area contributed by atoms with Crippen molar-refractivity contribution in [2.45, 2.75) is 32.0 Å². The smallest absolute Gasteiger partial charge is 0.115 e. The number of aliphatic hydroxyl groups excluding tert-OH is 2. The van der Waals surface area contributed by atoms with Crippen molar-refractivity contribution in [3.63, 3.8) is 0 Å². The van der Waals surface area contributed by atoms with E-state index in [1.807, 2.05) is 6.92 Å². The van der Waals surface area contributed by atoms with Crippen LogP contribution in [0.1, 0.15) is 19.8 Å². The first-order valence-corrected chi connectivity index (χ1v) is 5.52. The van der Waals surface area contributed by atoms with Crippen LogP contribution in [-0.4, -0.2) is 22.4 Å². The molecule has 0 rings (SSSR count). The highest BCUT2D eigenvalue weighted by atomic mass is 16.3. The van der Waals surface area contributed by atoms with E-state index in [9.17, 15) is 5.11 Å². The van der Waals surface area contributed by atoms with E-state index in [2.05, 4.69) is 30.3 Å². The lowest BCUT2D eigenvalue weighted by molar-refractivity contribution is 0.227. The molecule has 0 aliphatic rings. The van der Waals surface area contributed by atoms with Crippen molar-refractivity contribution in [2.75, 3.05) is 0 Å². The fraction of sp³-hybridized carbons (Fsp3) is 0.333. The second-order valence-electron chi connectivity index (χ2n) is 3.30. The summed E-state index contributed by atoms with van der Waals surface area (Å²) < 4.78 is 0. The zero-order chi connectivity index (χ0) is 12.9. The van der Waals surface area contributed by atoms with Crippen LogP contribution < -0.4 is 0 Å². The lowest BCUT2D eigenvalue weighted by atomic mass is 10.2. The summed E-state index contributed by atoms with van der Waals surface area (Å²) in [4.78, 5) is 0. The van der Waals surface area contributed by atoms with Crippen LogP contribution >= 0.6 is 0 Å². The second kappa shape index (κ2) is 10.8. The molecule has 0 radical (unpaired) electrons. The summed E-state index contributed by atoms with van der Waals surface area (Å²) in [5.74, 6) is 10.4. The SMILES string of the molecule is C=CCC(O)/C=C/C=C/C#CC#CC(O)CC. The molecule has 0 saturated heterocycles. The molecule has 2 N–H and O–H groups in total. The van der Waals surface area contributed by atoms with Crippen molar-refractivity contribution in [3.05, 3.63) is 37.0 Å². The van der Waals surface area contributed by atoms with E-state index >= 15 is 0 Å². The molecule has 17 heavy (non-hydrogen) atoms. The first-order chi connectivity index (χ1) is 8.20. The Balaban J connectivity index is 3.98. The van der Waals surface area contributed by atoms with Gasteiger partial charge < -0.3 is 10.2 Å². The minimum atomic E-state index is -0.595. The Morgan fingerprint density at radius 3 is 2.65 bits per heavy atom. The van der Waals surface area contributed by atoms with Gasteiger partial charge in [-0.2, -0.15) is 0 Å². The molecular weight excluding hydrogens is 212 g/mol. The summed E-state index contributed by atoms with van der Waals surface area (Å²) in [6.45, 7) is 5.38. The Labute approximate surface area is 103 Å². The summed E-state index contributed by atoms with van der Waals surface area (Å²) in [6, 6.07) is 0. The molecule has 0 aromatic heterocycles. The molecule has 0 aliphatic carbocycles. The molecule has 0 amide bonds. The minimum Gasteiger partial charge on any atom is -0.389 e. The van der Waals surface area contributed by atoms with Gasteiger partial charge in [-0.05, 0) is 30.8 Å². The fourth-order valence-corrected chi connectivity index (χ4v) is 0.845. The van der Waals surface area contributed by atoms with E-state index in [0.717, 1.165) is 0 Å². The van der Waals surface area contributed by atoms with Gasteiger partial charge in [0.1, 0.15) is 6.10 Å². The normalized spacial score (nSPS) is 13.6. The van der Waals surface area contributed by atoms with Gasteiger partial charge in [0.15, 0.2) is 0 Å². The van der Waals surface area contributed by atoms with Crippen molar-refractivity contribution < 1.29 is 10.2 Å². The molecule has 0 fully saturated rings. The molecule has 0 aliphatic heterocycles. The zero-order valence-electron chi connectivity index (χ0n) is 10.1. The summed E-state index contributed by atoms with van der Waals surface area (Å²) in [5, 5.41) is 18.4. The van der Waals surface area contributed by atoms with Gasteiger partial charge >= 0.3 is 0 Å². The molecule has 0 bridgehead atoms. The van der Waals surface area contributed by atoms with Gasteiger partial charge in [0, 0.05) is 0 Å². The highest BCUT2D eigenvalue weighted by Crippen LogP contribution is 1.93. The Morgan fingerprint density at radius 1 is 1.24 bits per heavy atom. The monoisotopic (exact) mass is 230 g/mol. The zero-order valence-corrected chi connectivity index (χ0v) is 10.1. The van der Waals surface area contributed by atoms with Gasteiger partial charge in [0.2, 0.25) is 0 Å². The van der Waals surface area contributed by atoms with E-state index in [1.54, 1.807) is 30.4 Å². The van der Waals surface area contributed by atoms with E-state index in [-0.39, 0.29) is 0 Å². The van der Waals surface area contributed by atoms with Crippen molar-refractivity contribution in [1.29, 1.82) is 0 Å². The maximum atomic E-state index is 9.30. The van der Waals surface area contributed by atoms with Crippen LogP contribution in [0, 0.1) is 23.7 Å². The standard InChI is InChI=1S/C15H18O2/c1-3-11-15(17)13-10-8-6-5-7-9-12-14(16)4-2/h3,6,8,10,13-17H,1,4,11H2,2H3/b8-6+,13-10+. The van der Waals surface area contributed by atoms with Crippen LogP contribution in [0.25, 0.3) is 0 Å². The molecule has 0 heterocycles. The van der Waals surface area contributed by atoms with Crippen molar-refractivity contribution in [2.24, 2.45) is 0 Å².